The minimum absolute atomic E-state index is 0.0131. The standard InChI is InChI=1S/C29H25F3N4O3.C2H6/c1-4-39-27(37)17-35-11-10-25(34-35)20-6-5-7-21(13-20)26-14-24(29(30,31)32)23(15-33)28(38)36(26)16-22-9-8-18(2)12-19(22)3;1-2/h5-14H,4,16-17H2,1-3H3;1-2H3. The SMILES string of the molecule is CC.CCOC(=O)Cn1ccc(-c2cccc(-c3cc(C(F)(F)F)c(C#N)c(=O)n3Cc3ccc(C)cc3C)c2)n1. The number of esters is 1. The van der Waals surface area contributed by atoms with Crippen LogP contribution < -0.4 is 5.56 Å². The van der Waals surface area contributed by atoms with Crippen LogP contribution >= 0.6 is 0 Å². The number of rotatable bonds is 7. The third-order valence-corrected chi connectivity index (χ3v) is 6.24. The summed E-state index contributed by atoms with van der Waals surface area (Å²) in [5.41, 5.74) is 0.746. The number of ether oxygens (including phenoxy) is 1. The molecule has 2 aromatic carbocycles. The number of halogens is 3. The number of pyridine rings is 1. The van der Waals surface area contributed by atoms with Crippen LogP contribution in [0.4, 0.5) is 13.2 Å². The van der Waals surface area contributed by atoms with Gasteiger partial charge in [-0.25, -0.2) is 0 Å². The van der Waals surface area contributed by atoms with Gasteiger partial charge in [0.2, 0.25) is 0 Å². The minimum atomic E-state index is -4.90. The average molecular weight is 565 g/mol. The van der Waals surface area contributed by atoms with E-state index in [1.54, 1.807) is 43.5 Å². The Morgan fingerprint density at radius 2 is 1.76 bits per heavy atom. The topological polar surface area (TPSA) is 89.9 Å². The number of hydrogen-bond donors (Lipinski definition) is 0. The molecule has 0 aliphatic rings. The number of nitrogens with zero attached hydrogens (tertiary/aromatic N) is 4. The fourth-order valence-corrected chi connectivity index (χ4v) is 4.35. The highest BCUT2D eigenvalue weighted by molar-refractivity contribution is 5.71. The van der Waals surface area contributed by atoms with Gasteiger partial charge in [-0.2, -0.15) is 23.5 Å². The van der Waals surface area contributed by atoms with Gasteiger partial charge >= 0.3 is 12.1 Å². The molecular formula is C31H31F3N4O3. The summed E-state index contributed by atoms with van der Waals surface area (Å²) >= 11 is 0. The number of alkyl halides is 3. The first kappa shape index (κ1) is 30.9. The molecule has 10 heteroatoms. The van der Waals surface area contributed by atoms with E-state index in [0.717, 1.165) is 22.8 Å². The second kappa shape index (κ2) is 13.1. The summed E-state index contributed by atoms with van der Waals surface area (Å²) in [6.45, 7) is 9.60. The third kappa shape index (κ3) is 7.11. The highest BCUT2D eigenvalue weighted by Gasteiger charge is 2.36. The molecule has 0 spiro atoms. The average Bonchev–Trinajstić information content (AvgIpc) is 3.40. The van der Waals surface area contributed by atoms with Gasteiger partial charge in [-0.05, 0) is 55.7 Å². The molecule has 0 aliphatic heterocycles. The van der Waals surface area contributed by atoms with Crippen LogP contribution in [0.3, 0.4) is 0 Å². The maximum Gasteiger partial charge on any atom is 0.417 e. The van der Waals surface area contributed by atoms with Crippen LogP contribution in [0.25, 0.3) is 22.5 Å². The highest BCUT2D eigenvalue weighted by Crippen LogP contribution is 2.34. The lowest BCUT2D eigenvalue weighted by Gasteiger charge is -2.19. The van der Waals surface area contributed by atoms with Crippen LogP contribution in [0.5, 0.6) is 0 Å². The van der Waals surface area contributed by atoms with Crippen molar-refractivity contribution in [3.8, 4) is 28.6 Å². The summed E-state index contributed by atoms with van der Waals surface area (Å²) in [4.78, 5) is 25.1. The lowest BCUT2D eigenvalue weighted by atomic mass is 10.0. The molecule has 0 bridgehead atoms. The molecule has 0 aliphatic carbocycles. The van der Waals surface area contributed by atoms with E-state index in [9.17, 15) is 28.0 Å². The minimum Gasteiger partial charge on any atom is -0.465 e. The van der Waals surface area contributed by atoms with Crippen molar-refractivity contribution in [3.63, 3.8) is 0 Å². The number of aryl methyl sites for hydroxylation is 2. The zero-order valence-corrected chi connectivity index (χ0v) is 23.5. The van der Waals surface area contributed by atoms with Crippen molar-refractivity contribution in [2.75, 3.05) is 6.61 Å². The maximum atomic E-state index is 13.9. The summed E-state index contributed by atoms with van der Waals surface area (Å²) in [6, 6.07) is 16.2. The molecule has 4 aromatic rings. The normalized spacial score (nSPS) is 10.9. The molecule has 0 saturated carbocycles. The largest absolute Gasteiger partial charge is 0.465 e. The molecule has 0 amide bonds. The number of hydrogen-bond acceptors (Lipinski definition) is 5. The number of benzene rings is 2. The summed E-state index contributed by atoms with van der Waals surface area (Å²) in [6.07, 6.45) is -3.31. The van der Waals surface area contributed by atoms with E-state index in [1.165, 1.54) is 15.3 Å². The van der Waals surface area contributed by atoms with E-state index < -0.39 is 28.8 Å². The summed E-state index contributed by atoms with van der Waals surface area (Å²) < 4.78 is 49.3. The van der Waals surface area contributed by atoms with Gasteiger partial charge in [-0.15, -0.1) is 0 Å². The first-order valence-corrected chi connectivity index (χ1v) is 13.1. The van der Waals surface area contributed by atoms with Gasteiger partial charge in [0.25, 0.3) is 5.56 Å². The molecule has 0 saturated heterocycles. The molecule has 0 N–H and O–H groups in total. The van der Waals surface area contributed by atoms with Crippen molar-refractivity contribution >= 4 is 5.97 Å². The zero-order valence-electron chi connectivity index (χ0n) is 23.5. The van der Waals surface area contributed by atoms with Crippen molar-refractivity contribution in [2.45, 2.75) is 53.9 Å². The van der Waals surface area contributed by atoms with E-state index in [4.69, 9.17) is 4.74 Å². The molecule has 0 atom stereocenters. The van der Waals surface area contributed by atoms with Crippen LogP contribution in [0, 0.1) is 25.2 Å². The Balaban J connectivity index is 0.00000226. The van der Waals surface area contributed by atoms with E-state index in [-0.39, 0.29) is 25.4 Å². The summed E-state index contributed by atoms with van der Waals surface area (Å²) in [7, 11) is 0. The Kier molecular flexibility index (Phi) is 9.90. The van der Waals surface area contributed by atoms with E-state index in [1.807, 2.05) is 45.9 Å². The van der Waals surface area contributed by atoms with Gasteiger partial charge in [-0.1, -0.05) is 55.8 Å². The molecule has 2 aromatic heterocycles. The van der Waals surface area contributed by atoms with Crippen molar-refractivity contribution < 1.29 is 22.7 Å². The molecule has 214 valence electrons. The van der Waals surface area contributed by atoms with Gasteiger partial charge in [0.1, 0.15) is 18.2 Å². The number of carbonyl (C=O) groups is 1. The van der Waals surface area contributed by atoms with Crippen molar-refractivity contribution in [2.24, 2.45) is 0 Å². The molecule has 41 heavy (non-hydrogen) atoms. The second-order valence-electron chi connectivity index (χ2n) is 9.03. The second-order valence-corrected chi connectivity index (χ2v) is 9.03. The molecular weight excluding hydrogens is 533 g/mol. The molecule has 0 fully saturated rings. The zero-order chi connectivity index (χ0) is 30.3. The van der Waals surface area contributed by atoms with Crippen LogP contribution in [-0.2, 0) is 28.8 Å². The smallest absolute Gasteiger partial charge is 0.417 e. The van der Waals surface area contributed by atoms with Crippen LogP contribution in [0.2, 0.25) is 0 Å². The van der Waals surface area contributed by atoms with Gasteiger partial charge in [0.05, 0.1) is 30.1 Å². The predicted molar refractivity (Wildman–Crippen MR) is 150 cm³/mol. The molecule has 2 heterocycles. The molecule has 4 rings (SSSR count). The first-order valence-electron chi connectivity index (χ1n) is 13.1. The van der Waals surface area contributed by atoms with Crippen molar-refractivity contribution in [3.05, 3.63) is 99.0 Å². The Hall–Kier alpha value is -4.65. The van der Waals surface area contributed by atoms with Crippen molar-refractivity contribution in [1.29, 1.82) is 5.26 Å². The number of carbonyl (C=O) groups excluding carboxylic acids is 1. The maximum absolute atomic E-state index is 13.9. The highest BCUT2D eigenvalue weighted by atomic mass is 19.4. The van der Waals surface area contributed by atoms with Gasteiger partial charge in [-0.3, -0.25) is 14.3 Å². The predicted octanol–water partition coefficient (Wildman–Crippen LogP) is 6.52. The van der Waals surface area contributed by atoms with Crippen LogP contribution in [0.15, 0.2) is 65.6 Å². The Morgan fingerprint density at radius 1 is 1.05 bits per heavy atom. The summed E-state index contributed by atoms with van der Waals surface area (Å²) in [5, 5.41) is 13.9. The monoisotopic (exact) mass is 564 g/mol. The van der Waals surface area contributed by atoms with Gasteiger partial charge < -0.3 is 9.30 Å². The van der Waals surface area contributed by atoms with E-state index in [0.29, 0.717) is 16.8 Å². The molecule has 0 unspecified atom stereocenters. The van der Waals surface area contributed by atoms with Crippen LogP contribution in [-0.4, -0.2) is 26.9 Å². The number of nitriles is 1. The lowest BCUT2D eigenvalue weighted by Crippen LogP contribution is -2.29. The Labute approximate surface area is 236 Å². The number of aromatic nitrogens is 3. The van der Waals surface area contributed by atoms with E-state index in [2.05, 4.69) is 5.10 Å². The first-order chi connectivity index (χ1) is 19.5. The quantitative estimate of drug-likeness (QED) is 0.238. The Bertz CT molecular complexity index is 1650. The van der Waals surface area contributed by atoms with Gasteiger partial charge in [0, 0.05) is 11.8 Å². The lowest BCUT2D eigenvalue weighted by molar-refractivity contribution is -0.144. The van der Waals surface area contributed by atoms with Gasteiger partial charge in [0.15, 0.2) is 0 Å². The third-order valence-electron chi connectivity index (χ3n) is 6.24. The Morgan fingerprint density at radius 3 is 2.39 bits per heavy atom. The fourth-order valence-electron chi connectivity index (χ4n) is 4.35. The van der Waals surface area contributed by atoms with Crippen molar-refractivity contribution in [1.82, 2.24) is 14.3 Å². The fraction of sp³-hybridized carbons (Fsp3) is 0.290. The molecule has 0 radical (unpaired) electrons. The van der Waals surface area contributed by atoms with E-state index >= 15 is 0 Å². The molecule has 7 nitrogen and oxygen atoms in total. The van der Waals surface area contributed by atoms with Crippen LogP contribution in [0.1, 0.15) is 48.6 Å². The summed E-state index contributed by atoms with van der Waals surface area (Å²) in [5.74, 6) is -0.450.